The number of anilines is 1. The third-order valence-corrected chi connectivity index (χ3v) is 5.22. The molecule has 2 amide bonds. The molecule has 0 saturated carbocycles. The van der Waals surface area contributed by atoms with Gasteiger partial charge in [-0.05, 0) is 48.4 Å². The molecule has 6 heteroatoms. The molecule has 0 radical (unpaired) electrons. The highest BCUT2D eigenvalue weighted by molar-refractivity contribution is 8.00. The molecule has 0 atom stereocenters. The van der Waals surface area contributed by atoms with Crippen LogP contribution in [0.25, 0.3) is 0 Å². The van der Waals surface area contributed by atoms with E-state index in [9.17, 15) is 9.59 Å². The van der Waals surface area contributed by atoms with E-state index in [-0.39, 0.29) is 17.6 Å². The molecule has 1 aromatic heterocycles. The van der Waals surface area contributed by atoms with Gasteiger partial charge in [-0.25, -0.2) is 0 Å². The van der Waals surface area contributed by atoms with Gasteiger partial charge < -0.3 is 15.1 Å². The summed E-state index contributed by atoms with van der Waals surface area (Å²) in [4.78, 5) is 25.5. The molecule has 5 nitrogen and oxygen atoms in total. The van der Waals surface area contributed by atoms with E-state index in [1.807, 2.05) is 42.5 Å². The van der Waals surface area contributed by atoms with Crippen LogP contribution in [-0.2, 0) is 17.8 Å². The number of benzene rings is 2. The first kappa shape index (κ1) is 19.8. The number of hydrogen-bond acceptors (Lipinski definition) is 4. The van der Waals surface area contributed by atoms with E-state index in [0.717, 1.165) is 17.0 Å². The van der Waals surface area contributed by atoms with Crippen molar-refractivity contribution < 1.29 is 14.0 Å². The van der Waals surface area contributed by atoms with Crippen molar-refractivity contribution in [1.29, 1.82) is 0 Å². The van der Waals surface area contributed by atoms with E-state index in [4.69, 9.17) is 4.42 Å². The predicted octanol–water partition coefficient (Wildman–Crippen LogP) is 4.50. The SMILES string of the molecule is CCc1ccc(NC(=O)c2ccccc2SCC(=O)NCc2ccco2)cc1. The molecule has 0 fully saturated rings. The monoisotopic (exact) mass is 394 g/mol. The topological polar surface area (TPSA) is 71.3 Å². The van der Waals surface area contributed by atoms with Crippen LogP contribution in [0.4, 0.5) is 5.69 Å². The summed E-state index contributed by atoms with van der Waals surface area (Å²) >= 11 is 1.33. The molecular weight excluding hydrogens is 372 g/mol. The fourth-order valence-corrected chi connectivity index (χ4v) is 3.48. The molecule has 0 aliphatic heterocycles. The zero-order valence-corrected chi connectivity index (χ0v) is 16.4. The number of amides is 2. The first-order valence-corrected chi connectivity index (χ1v) is 10.1. The van der Waals surface area contributed by atoms with E-state index < -0.39 is 0 Å². The Kier molecular flexibility index (Phi) is 6.92. The standard InChI is InChI=1S/C22H22N2O3S/c1-2-16-9-11-17(12-10-16)24-22(26)19-7-3-4-8-20(19)28-15-21(25)23-14-18-6-5-13-27-18/h3-13H,2,14-15H2,1H3,(H,23,25)(H,24,26). The average Bonchev–Trinajstić information content (AvgIpc) is 3.25. The summed E-state index contributed by atoms with van der Waals surface area (Å²) in [5, 5.41) is 5.72. The van der Waals surface area contributed by atoms with E-state index in [1.165, 1.54) is 17.3 Å². The Morgan fingerprint density at radius 2 is 1.79 bits per heavy atom. The molecule has 1 heterocycles. The zero-order chi connectivity index (χ0) is 19.8. The maximum Gasteiger partial charge on any atom is 0.256 e. The van der Waals surface area contributed by atoms with E-state index in [0.29, 0.717) is 17.9 Å². The normalized spacial score (nSPS) is 10.5. The number of furan rings is 1. The molecule has 3 rings (SSSR count). The van der Waals surface area contributed by atoms with Crippen molar-refractivity contribution in [2.75, 3.05) is 11.1 Å². The lowest BCUT2D eigenvalue weighted by atomic mass is 10.1. The van der Waals surface area contributed by atoms with Crippen molar-refractivity contribution >= 4 is 29.3 Å². The van der Waals surface area contributed by atoms with Crippen molar-refractivity contribution in [2.24, 2.45) is 0 Å². The Hall–Kier alpha value is -2.99. The maximum absolute atomic E-state index is 12.7. The maximum atomic E-state index is 12.7. The van der Waals surface area contributed by atoms with Gasteiger partial charge in [0.1, 0.15) is 5.76 Å². The number of rotatable bonds is 8. The Morgan fingerprint density at radius 1 is 1.00 bits per heavy atom. The molecule has 2 aromatic carbocycles. The highest BCUT2D eigenvalue weighted by Gasteiger charge is 2.13. The van der Waals surface area contributed by atoms with Gasteiger partial charge >= 0.3 is 0 Å². The van der Waals surface area contributed by atoms with Gasteiger partial charge in [0.25, 0.3) is 5.91 Å². The number of hydrogen-bond donors (Lipinski definition) is 2. The molecule has 0 aliphatic carbocycles. The molecule has 3 aromatic rings. The fraction of sp³-hybridized carbons (Fsp3) is 0.182. The number of thioether (sulfide) groups is 1. The third-order valence-electron chi connectivity index (χ3n) is 4.15. The average molecular weight is 394 g/mol. The lowest BCUT2D eigenvalue weighted by Gasteiger charge is -2.10. The fourth-order valence-electron chi connectivity index (χ4n) is 2.60. The number of aryl methyl sites for hydroxylation is 1. The van der Waals surface area contributed by atoms with Crippen LogP contribution in [0.15, 0.2) is 76.2 Å². The van der Waals surface area contributed by atoms with Crippen LogP contribution in [0.1, 0.15) is 28.6 Å². The van der Waals surface area contributed by atoms with Crippen LogP contribution in [-0.4, -0.2) is 17.6 Å². The van der Waals surface area contributed by atoms with Gasteiger partial charge in [-0.2, -0.15) is 0 Å². The molecule has 0 bridgehead atoms. The van der Waals surface area contributed by atoms with Crippen LogP contribution < -0.4 is 10.6 Å². The number of nitrogens with one attached hydrogen (secondary N) is 2. The van der Waals surface area contributed by atoms with Gasteiger partial charge in [-0.3, -0.25) is 9.59 Å². The van der Waals surface area contributed by atoms with Crippen molar-refractivity contribution in [1.82, 2.24) is 5.32 Å². The van der Waals surface area contributed by atoms with Gasteiger partial charge in [0.15, 0.2) is 0 Å². The van der Waals surface area contributed by atoms with Gasteiger partial charge in [0.05, 0.1) is 24.1 Å². The zero-order valence-electron chi connectivity index (χ0n) is 15.6. The molecule has 2 N–H and O–H groups in total. The van der Waals surface area contributed by atoms with Crippen LogP contribution in [0, 0.1) is 0 Å². The molecule has 0 aliphatic rings. The Balaban J connectivity index is 1.58. The van der Waals surface area contributed by atoms with Crippen LogP contribution in [0.2, 0.25) is 0 Å². The Labute approximate surface area is 168 Å². The minimum Gasteiger partial charge on any atom is -0.467 e. The summed E-state index contributed by atoms with van der Waals surface area (Å²) < 4.78 is 5.19. The molecule has 0 unspecified atom stereocenters. The highest BCUT2D eigenvalue weighted by Crippen LogP contribution is 2.23. The quantitative estimate of drug-likeness (QED) is 0.552. The summed E-state index contributed by atoms with van der Waals surface area (Å²) in [6, 6.07) is 18.7. The van der Waals surface area contributed by atoms with Crippen LogP contribution in [0.5, 0.6) is 0 Å². The van der Waals surface area contributed by atoms with Gasteiger partial charge in [0.2, 0.25) is 5.91 Å². The van der Waals surface area contributed by atoms with Crippen molar-refractivity contribution in [3.05, 3.63) is 83.8 Å². The van der Waals surface area contributed by atoms with Gasteiger partial charge in [-0.15, -0.1) is 11.8 Å². The summed E-state index contributed by atoms with van der Waals surface area (Å²) in [6.07, 6.45) is 2.52. The summed E-state index contributed by atoms with van der Waals surface area (Å²) in [6.45, 7) is 2.44. The van der Waals surface area contributed by atoms with E-state index in [1.54, 1.807) is 24.5 Å². The smallest absolute Gasteiger partial charge is 0.256 e. The first-order valence-electron chi connectivity index (χ1n) is 9.07. The molecular formula is C22H22N2O3S. The minimum absolute atomic E-state index is 0.119. The van der Waals surface area contributed by atoms with Crippen molar-refractivity contribution in [3.8, 4) is 0 Å². The molecule has 0 spiro atoms. The third kappa shape index (κ3) is 5.50. The minimum atomic E-state index is -0.191. The second-order valence-corrected chi connectivity index (χ2v) is 7.16. The summed E-state index contributed by atoms with van der Waals surface area (Å²) in [5.74, 6) is 0.609. The molecule has 144 valence electrons. The van der Waals surface area contributed by atoms with E-state index in [2.05, 4.69) is 17.6 Å². The van der Waals surface area contributed by atoms with Gasteiger partial charge in [0, 0.05) is 10.6 Å². The first-order chi connectivity index (χ1) is 13.7. The lowest BCUT2D eigenvalue weighted by molar-refractivity contribution is -0.118. The van der Waals surface area contributed by atoms with Gasteiger partial charge in [-0.1, -0.05) is 31.2 Å². The second-order valence-electron chi connectivity index (χ2n) is 6.15. The predicted molar refractivity (Wildman–Crippen MR) is 111 cm³/mol. The van der Waals surface area contributed by atoms with E-state index >= 15 is 0 Å². The number of carbonyl (C=O) groups excluding carboxylic acids is 2. The Morgan fingerprint density at radius 3 is 2.50 bits per heavy atom. The second kappa shape index (κ2) is 9.80. The van der Waals surface area contributed by atoms with Crippen LogP contribution in [0.3, 0.4) is 0 Å². The largest absolute Gasteiger partial charge is 0.467 e. The lowest BCUT2D eigenvalue weighted by Crippen LogP contribution is -2.24. The Bertz CT molecular complexity index is 921. The molecule has 0 saturated heterocycles. The molecule has 28 heavy (non-hydrogen) atoms. The van der Waals surface area contributed by atoms with Crippen molar-refractivity contribution in [2.45, 2.75) is 24.8 Å². The highest BCUT2D eigenvalue weighted by atomic mass is 32.2. The van der Waals surface area contributed by atoms with Crippen molar-refractivity contribution in [3.63, 3.8) is 0 Å². The number of carbonyl (C=O) groups is 2. The summed E-state index contributed by atoms with van der Waals surface area (Å²) in [7, 11) is 0. The summed E-state index contributed by atoms with van der Waals surface area (Å²) in [5.41, 5.74) is 2.51. The van der Waals surface area contributed by atoms with Crippen LogP contribution >= 0.6 is 11.8 Å².